The Morgan fingerprint density at radius 2 is 1.74 bits per heavy atom. The van der Waals surface area contributed by atoms with E-state index in [1.54, 1.807) is 0 Å². The molecule has 1 heterocycles. The molecule has 3 atom stereocenters. The first-order valence-corrected chi connectivity index (χ1v) is 11.2. The summed E-state index contributed by atoms with van der Waals surface area (Å²) >= 11 is 0. The average Bonchev–Trinajstić information content (AvgIpc) is 3.11. The van der Waals surface area contributed by atoms with E-state index in [0.29, 0.717) is 12.0 Å². The van der Waals surface area contributed by atoms with E-state index in [1.165, 1.54) is 0 Å². The van der Waals surface area contributed by atoms with Gasteiger partial charge in [0.25, 0.3) is 0 Å². The molecule has 6 heteroatoms. The van der Waals surface area contributed by atoms with Gasteiger partial charge in [-0.2, -0.15) is 0 Å². The molecule has 2 rings (SSSR count). The monoisotopic (exact) mass is 427 g/mol. The third kappa shape index (κ3) is 4.89. The van der Waals surface area contributed by atoms with Crippen molar-refractivity contribution in [2.75, 3.05) is 0 Å². The highest BCUT2D eigenvalue weighted by Crippen LogP contribution is 2.45. The molecule has 1 aliphatic carbocycles. The number of ketones is 2. The van der Waals surface area contributed by atoms with Gasteiger partial charge in [-0.3, -0.25) is 9.59 Å². The van der Waals surface area contributed by atoms with Crippen LogP contribution in [0.3, 0.4) is 0 Å². The van der Waals surface area contributed by atoms with Crippen molar-refractivity contribution in [3.8, 4) is 0 Å². The summed E-state index contributed by atoms with van der Waals surface area (Å²) in [5, 5.41) is 11.2. The summed E-state index contributed by atoms with van der Waals surface area (Å²) in [7, 11) is 1.14. The largest absolute Gasteiger partial charge is 0.573 e. The van der Waals surface area contributed by atoms with Crippen molar-refractivity contribution in [2.24, 2.45) is 17.8 Å². The molecule has 2 aliphatic rings. The normalized spacial score (nSPS) is 22.5. The number of hydrogen-bond donors (Lipinski definition) is 1. The summed E-state index contributed by atoms with van der Waals surface area (Å²) in [6, 6.07) is 0. The van der Waals surface area contributed by atoms with Crippen LogP contribution in [0.4, 0.5) is 0 Å². The van der Waals surface area contributed by atoms with E-state index in [9.17, 15) is 14.7 Å². The topological polar surface area (TPSA) is 72.8 Å². The molecular formula is C25H36BO5. The fourth-order valence-corrected chi connectivity index (χ4v) is 4.29. The van der Waals surface area contributed by atoms with Gasteiger partial charge in [0.1, 0.15) is 17.1 Å². The molecule has 0 aromatic heterocycles. The molecule has 3 unspecified atom stereocenters. The molecule has 0 spiro atoms. The second-order valence-electron chi connectivity index (χ2n) is 9.51. The molecule has 169 valence electrons. The third-order valence-electron chi connectivity index (χ3n) is 6.21. The van der Waals surface area contributed by atoms with Crippen LogP contribution in [-0.4, -0.2) is 30.0 Å². The van der Waals surface area contributed by atoms with Gasteiger partial charge in [0, 0.05) is 17.9 Å². The van der Waals surface area contributed by atoms with Gasteiger partial charge < -0.3 is 14.4 Å². The van der Waals surface area contributed by atoms with Crippen molar-refractivity contribution in [1.29, 1.82) is 0 Å². The molecule has 1 saturated heterocycles. The lowest BCUT2D eigenvalue weighted by molar-refractivity contribution is -0.132. The second kappa shape index (κ2) is 10.0. The minimum Gasteiger partial charge on any atom is -0.538 e. The van der Waals surface area contributed by atoms with Gasteiger partial charge in [-0.25, -0.2) is 0 Å². The van der Waals surface area contributed by atoms with E-state index in [1.807, 2.05) is 67.5 Å². The Balaban J connectivity index is 2.72. The Hall–Kier alpha value is -2.08. The van der Waals surface area contributed by atoms with Gasteiger partial charge in [-0.1, -0.05) is 57.4 Å². The number of fused-ring (bicyclic) bond motifs is 1. The molecule has 31 heavy (non-hydrogen) atoms. The van der Waals surface area contributed by atoms with E-state index in [4.69, 9.17) is 9.31 Å². The first kappa shape index (κ1) is 25.2. The Bertz CT molecular complexity index is 853. The van der Waals surface area contributed by atoms with E-state index in [0.717, 1.165) is 25.3 Å². The fraction of sp³-hybridized carbons (Fsp3) is 0.600. The Kier molecular flexibility index (Phi) is 8.15. The van der Waals surface area contributed by atoms with Gasteiger partial charge in [0.05, 0.1) is 0 Å². The highest BCUT2D eigenvalue weighted by atomic mass is 16.6. The van der Waals surface area contributed by atoms with Crippen molar-refractivity contribution in [1.82, 2.24) is 0 Å². The number of hydrogen-bond acceptors (Lipinski definition) is 5. The summed E-state index contributed by atoms with van der Waals surface area (Å²) in [6.07, 6.45) is 5.23. The summed E-state index contributed by atoms with van der Waals surface area (Å²) in [5.74, 6) is -1.09. The van der Waals surface area contributed by atoms with Crippen molar-refractivity contribution < 1.29 is 24.0 Å². The average molecular weight is 427 g/mol. The summed E-state index contributed by atoms with van der Waals surface area (Å²) < 4.78 is 11.4. The molecule has 0 aromatic carbocycles. The zero-order valence-corrected chi connectivity index (χ0v) is 20.2. The Morgan fingerprint density at radius 3 is 2.26 bits per heavy atom. The molecule has 0 bridgehead atoms. The summed E-state index contributed by atoms with van der Waals surface area (Å²) in [6.45, 7) is 15.8. The molecule has 1 N–H and O–H groups in total. The number of carbonyl (C=O) groups excluding carboxylic acids is 2. The fourth-order valence-electron chi connectivity index (χ4n) is 4.29. The number of allylic oxidation sites excluding steroid dienone is 4. The van der Waals surface area contributed by atoms with Crippen LogP contribution >= 0.6 is 0 Å². The molecule has 5 nitrogen and oxygen atoms in total. The predicted octanol–water partition coefficient (Wildman–Crippen LogP) is 5.56. The van der Waals surface area contributed by atoms with Crippen molar-refractivity contribution in [3.05, 3.63) is 46.0 Å². The molecule has 0 amide bonds. The lowest BCUT2D eigenvalue weighted by Gasteiger charge is -2.35. The zero-order chi connectivity index (χ0) is 23.5. The zero-order valence-electron chi connectivity index (χ0n) is 20.2. The van der Waals surface area contributed by atoms with Gasteiger partial charge in [-0.05, 0) is 46.0 Å². The molecule has 0 aromatic rings. The first-order valence-electron chi connectivity index (χ1n) is 11.2. The number of aliphatic hydroxyl groups is 1. The van der Waals surface area contributed by atoms with Crippen molar-refractivity contribution >= 4 is 19.3 Å². The van der Waals surface area contributed by atoms with Gasteiger partial charge in [0.15, 0.2) is 11.4 Å². The second-order valence-corrected chi connectivity index (χ2v) is 9.51. The van der Waals surface area contributed by atoms with E-state index < -0.39 is 11.4 Å². The lowest BCUT2D eigenvalue weighted by Crippen LogP contribution is -2.47. The number of carbonyl (C=O) groups is 2. The van der Waals surface area contributed by atoms with Crippen LogP contribution in [0.2, 0.25) is 0 Å². The van der Waals surface area contributed by atoms with Gasteiger partial charge in [0.2, 0.25) is 5.78 Å². The number of Topliss-reactive ketones (excluding diaryl/α,β-unsaturated/α-hetero) is 2. The summed E-state index contributed by atoms with van der Waals surface area (Å²) in [4.78, 5) is 27.5. The van der Waals surface area contributed by atoms with Crippen LogP contribution in [0.25, 0.3) is 0 Å². The van der Waals surface area contributed by atoms with Crippen LogP contribution in [0.15, 0.2) is 46.0 Å². The lowest BCUT2D eigenvalue weighted by atomic mass is 9.71. The molecule has 0 saturated carbocycles. The minimum atomic E-state index is -1.45. The highest BCUT2D eigenvalue weighted by molar-refractivity contribution is 6.30. The predicted molar refractivity (Wildman–Crippen MR) is 123 cm³/mol. The van der Waals surface area contributed by atoms with Crippen molar-refractivity contribution in [3.63, 3.8) is 0 Å². The van der Waals surface area contributed by atoms with Gasteiger partial charge in [-0.15, -0.1) is 0 Å². The Labute approximate surface area is 187 Å². The third-order valence-corrected chi connectivity index (χ3v) is 6.21. The van der Waals surface area contributed by atoms with Crippen LogP contribution in [0, 0.1) is 17.8 Å². The van der Waals surface area contributed by atoms with Gasteiger partial charge >= 0.3 is 7.69 Å². The van der Waals surface area contributed by atoms with Crippen LogP contribution in [0.1, 0.15) is 74.7 Å². The van der Waals surface area contributed by atoms with Crippen LogP contribution in [0.5, 0.6) is 0 Å². The van der Waals surface area contributed by atoms with Crippen LogP contribution in [-0.2, 0) is 18.9 Å². The highest BCUT2D eigenvalue weighted by Gasteiger charge is 2.56. The van der Waals surface area contributed by atoms with Crippen molar-refractivity contribution in [2.45, 2.75) is 80.3 Å². The quantitative estimate of drug-likeness (QED) is 0.297. The number of aliphatic hydroxyl groups excluding tert-OH is 1. The van der Waals surface area contributed by atoms with Crippen LogP contribution < -0.4 is 0 Å². The number of rotatable bonds is 9. The molecule has 1 fully saturated rings. The van der Waals surface area contributed by atoms with E-state index in [2.05, 4.69) is 0 Å². The molecular weight excluding hydrogens is 391 g/mol. The molecule has 1 radical (unpaired) electrons. The van der Waals surface area contributed by atoms with E-state index in [-0.39, 0.29) is 47.0 Å². The maximum atomic E-state index is 13.8. The standard InChI is InChI=1S/C25H36BO5/c1-9-17(8)19(16(6)7)22(28)20-21(27)18(11-10-14(2)3)24-25(23(20)29,31-26-30-24)13-12-15(4)5/h10,12,16-17,19,27H,9,11,13H2,1-8H3. The maximum absolute atomic E-state index is 13.8. The minimum absolute atomic E-state index is 0.0307. The SMILES string of the molecule is CCC(C)C(C(=O)C1=C(O)C(CC=C(C)C)=C2O[B]OC2(CC=C(C)C)C1=O)C(C)C. The Morgan fingerprint density at radius 1 is 1.13 bits per heavy atom. The molecule has 1 aliphatic heterocycles. The smallest absolute Gasteiger partial charge is 0.538 e. The maximum Gasteiger partial charge on any atom is 0.573 e. The summed E-state index contributed by atoms with van der Waals surface area (Å²) in [5.41, 5.74) is 0.918. The van der Waals surface area contributed by atoms with E-state index >= 15 is 0 Å². The first-order chi connectivity index (χ1) is 14.5.